The van der Waals surface area contributed by atoms with Crippen LogP contribution in [0.15, 0.2) is 231 Å². The molecular formula is C56H38N2O. The lowest BCUT2D eigenvalue weighted by Crippen LogP contribution is -2.13. The Morgan fingerprint density at radius 2 is 0.831 bits per heavy atom. The standard InChI is InChI=1S/C56H38N2O/c1-4-14-39(15-5-1)40-26-31-46(32-27-40)58(47-33-28-42(29-34-47)50-24-12-17-41-16-10-11-23-49(41)50)53-37-30-43-18-13-25-52-51-36-35-48(38-54(51)59-56(53)55(43)52)57(44-19-6-2-7-20-44)45-21-8-3-9-22-45/h1-38H. The maximum Gasteiger partial charge on any atom is 0.159 e. The average Bonchev–Trinajstić information content (AvgIpc) is 3.31. The number of nitrogens with zero attached hydrogens (tertiary/aromatic N) is 2. The molecule has 10 aromatic rings. The van der Waals surface area contributed by atoms with Gasteiger partial charge in [-0.1, -0.05) is 158 Å². The number of benzene rings is 10. The maximum atomic E-state index is 7.23. The minimum Gasteiger partial charge on any atom is -0.454 e. The molecule has 0 fully saturated rings. The summed E-state index contributed by atoms with van der Waals surface area (Å²) in [5.74, 6) is 1.65. The Labute approximate surface area is 344 Å². The zero-order valence-electron chi connectivity index (χ0n) is 32.2. The molecule has 0 unspecified atom stereocenters. The monoisotopic (exact) mass is 754 g/mol. The summed E-state index contributed by atoms with van der Waals surface area (Å²) in [5, 5.41) is 4.71. The number of para-hydroxylation sites is 2. The summed E-state index contributed by atoms with van der Waals surface area (Å²) >= 11 is 0. The van der Waals surface area contributed by atoms with Crippen LogP contribution in [0.4, 0.5) is 34.1 Å². The van der Waals surface area contributed by atoms with E-state index in [-0.39, 0.29) is 0 Å². The molecule has 11 rings (SSSR count). The number of anilines is 6. The topological polar surface area (TPSA) is 15.7 Å². The Kier molecular flexibility index (Phi) is 8.49. The summed E-state index contributed by atoms with van der Waals surface area (Å²) in [6.45, 7) is 0. The van der Waals surface area contributed by atoms with Gasteiger partial charge < -0.3 is 14.5 Å². The smallest absolute Gasteiger partial charge is 0.159 e. The van der Waals surface area contributed by atoms with Gasteiger partial charge in [-0.25, -0.2) is 0 Å². The van der Waals surface area contributed by atoms with Crippen LogP contribution in [0.25, 0.3) is 54.9 Å². The highest BCUT2D eigenvalue weighted by atomic mass is 16.5. The van der Waals surface area contributed by atoms with Crippen molar-refractivity contribution in [3.05, 3.63) is 231 Å². The van der Waals surface area contributed by atoms with Gasteiger partial charge in [-0.05, 0) is 111 Å². The van der Waals surface area contributed by atoms with Crippen LogP contribution in [0.1, 0.15) is 0 Å². The highest BCUT2D eigenvalue weighted by Crippen LogP contribution is 2.54. The van der Waals surface area contributed by atoms with Gasteiger partial charge in [0, 0.05) is 45.5 Å². The highest BCUT2D eigenvalue weighted by molar-refractivity contribution is 6.08. The van der Waals surface area contributed by atoms with Gasteiger partial charge in [0.15, 0.2) is 5.75 Å². The van der Waals surface area contributed by atoms with Gasteiger partial charge in [0.05, 0.1) is 5.69 Å². The van der Waals surface area contributed by atoms with E-state index in [0.29, 0.717) is 0 Å². The van der Waals surface area contributed by atoms with Crippen LogP contribution in [-0.2, 0) is 0 Å². The Morgan fingerprint density at radius 3 is 1.53 bits per heavy atom. The molecule has 10 aromatic carbocycles. The maximum absolute atomic E-state index is 7.23. The van der Waals surface area contributed by atoms with Gasteiger partial charge in [0.25, 0.3) is 0 Å². The predicted molar refractivity (Wildman–Crippen MR) is 247 cm³/mol. The number of hydrogen-bond acceptors (Lipinski definition) is 3. The van der Waals surface area contributed by atoms with Crippen molar-refractivity contribution in [2.24, 2.45) is 0 Å². The van der Waals surface area contributed by atoms with Crippen LogP contribution in [0.3, 0.4) is 0 Å². The van der Waals surface area contributed by atoms with Gasteiger partial charge >= 0.3 is 0 Å². The van der Waals surface area contributed by atoms with Crippen molar-refractivity contribution in [3.8, 4) is 44.9 Å². The lowest BCUT2D eigenvalue weighted by molar-refractivity contribution is 0.488. The second-order valence-corrected chi connectivity index (χ2v) is 14.9. The van der Waals surface area contributed by atoms with E-state index in [1.165, 1.54) is 33.0 Å². The van der Waals surface area contributed by atoms with Gasteiger partial charge in [-0.2, -0.15) is 0 Å². The molecule has 0 aliphatic carbocycles. The fraction of sp³-hybridized carbons (Fsp3) is 0. The van der Waals surface area contributed by atoms with Crippen molar-refractivity contribution in [3.63, 3.8) is 0 Å². The fourth-order valence-corrected chi connectivity index (χ4v) is 8.64. The number of fused-ring (bicyclic) bond motifs is 3. The van der Waals surface area contributed by atoms with Crippen molar-refractivity contribution in [2.75, 3.05) is 9.80 Å². The first-order valence-electron chi connectivity index (χ1n) is 20.1. The third-order valence-corrected chi connectivity index (χ3v) is 11.4. The highest BCUT2D eigenvalue weighted by Gasteiger charge is 2.27. The van der Waals surface area contributed by atoms with E-state index in [1.807, 2.05) is 0 Å². The SMILES string of the molecule is c1ccc(-c2ccc(N(c3ccc(-c4cccc5ccccc45)cc3)c3ccc4cccc5c4c3Oc3cc(N(c4ccccc4)c4ccccc4)ccc3-5)cc2)cc1. The third-order valence-electron chi connectivity index (χ3n) is 11.4. The molecule has 0 saturated heterocycles. The van der Waals surface area contributed by atoms with Crippen molar-refractivity contribution in [2.45, 2.75) is 0 Å². The van der Waals surface area contributed by atoms with Crippen molar-refractivity contribution in [1.29, 1.82) is 0 Å². The molecule has 0 amide bonds. The first kappa shape index (κ1) is 34.4. The summed E-state index contributed by atoms with van der Waals surface area (Å²) < 4.78 is 7.23. The summed E-state index contributed by atoms with van der Waals surface area (Å²) in [4.78, 5) is 4.62. The van der Waals surface area contributed by atoms with Gasteiger partial charge in [0.2, 0.25) is 0 Å². The molecule has 1 heterocycles. The second kappa shape index (κ2) is 14.6. The molecule has 0 spiro atoms. The number of rotatable bonds is 8. The third kappa shape index (κ3) is 6.17. The zero-order chi connectivity index (χ0) is 39.1. The summed E-state index contributed by atoms with van der Waals surface area (Å²) in [7, 11) is 0. The minimum absolute atomic E-state index is 0.817. The van der Waals surface area contributed by atoms with E-state index in [0.717, 1.165) is 67.5 Å². The normalized spacial score (nSPS) is 11.5. The summed E-state index contributed by atoms with van der Waals surface area (Å²) in [5.41, 5.74) is 13.2. The molecular weight excluding hydrogens is 717 g/mol. The first-order chi connectivity index (χ1) is 29.3. The summed E-state index contributed by atoms with van der Waals surface area (Å²) in [6.07, 6.45) is 0. The second-order valence-electron chi connectivity index (χ2n) is 14.9. The van der Waals surface area contributed by atoms with Crippen molar-refractivity contribution >= 4 is 55.7 Å². The fourth-order valence-electron chi connectivity index (χ4n) is 8.64. The van der Waals surface area contributed by atoms with E-state index in [4.69, 9.17) is 4.74 Å². The van der Waals surface area contributed by atoms with Gasteiger partial charge in [0.1, 0.15) is 5.75 Å². The van der Waals surface area contributed by atoms with Crippen LogP contribution >= 0.6 is 0 Å². The molecule has 0 radical (unpaired) electrons. The van der Waals surface area contributed by atoms with Crippen LogP contribution in [-0.4, -0.2) is 0 Å². The zero-order valence-corrected chi connectivity index (χ0v) is 32.2. The lowest BCUT2D eigenvalue weighted by Gasteiger charge is -2.32. The number of ether oxygens (including phenoxy) is 1. The van der Waals surface area contributed by atoms with E-state index < -0.39 is 0 Å². The minimum atomic E-state index is 0.817. The molecule has 0 atom stereocenters. The van der Waals surface area contributed by atoms with Gasteiger partial charge in [-0.3, -0.25) is 0 Å². The molecule has 0 saturated carbocycles. The molecule has 278 valence electrons. The van der Waals surface area contributed by atoms with E-state index in [9.17, 15) is 0 Å². The Bertz CT molecular complexity index is 3060. The molecule has 1 aliphatic rings. The number of hydrogen-bond donors (Lipinski definition) is 0. The molecule has 3 nitrogen and oxygen atoms in total. The Balaban J connectivity index is 1.07. The molecule has 0 N–H and O–H groups in total. The molecule has 0 aromatic heterocycles. The van der Waals surface area contributed by atoms with Crippen LogP contribution in [0, 0.1) is 0 Å². The molecule has 1 aliphatic heterocycles. The van der Waals surface area contributed by atoms with Crippen LogP contribution in [0.5, 0.6) is 11.5 Å². The Morgan fingerprint density at radius 1 is 0.305 bits per heavy atom. The van der Waals surface area contributed by atoms with Gasteiger partial charge in [-0.15, -0.1) is 0 Å². The quantitative estimate of drug-likeness (QED) is 0.154. The summed E-state index contributed by atoms with van der Waals surface area (Å²) in [6, 6.07) is 82.1. The van der Waals surface area contributed by atoms with Crippen molar-refractivity contribution < 1.29 is 4.74 Å². The molecule has 59 heavy (non-hydrogen) atoms. The predicted octanol–water partition coefficient (Wildman–Crippen LogP) is 16.0. The van der Waals surface area contributed by atoms with Crippen LogP contribution in [0.2, 0.25) is 0 Å². The van der Waals surface area contributed by atoms with E-state index in [2.05, 4.69) is 240 Å². The largest absolute Gasteiger partial charge is 0.454 e. The van der Waals surface area contributed by atoms with E-state index >= 15 is 0 Å². The average molecular weight is 755 g/mol. The molecule has 3 heteroatoms. The lowest BCUT2D eigenvalue weighted by atomic mass is 9.93. The Hall–Kier alpha value is -7.88. The van der Waals surface area contributed by atoms with Crippen LogP contribution < -0.4 is 14.5 Å². The molecule has 0 bridgehead atoms. The van der Waals surface area contributed by atoms with Crippen molar-refractivity contribution in [1.82, 2.24) is 0 Å². The van der Waals surface area contributed by atoms with E-state index in [1.54, 1.807) is 0 Å². The first-order valence-corrected chi connectivity index (χ1v) is 20.1.